The van der Waals surface area contributed by atoms with Gasteiger partial charge in [0.15, 0.2) is 17.3 Å². The summed E-state index contributed by atoms with van der Waals surface area (Å²) >= 11 is 0. The summed E-state index contributed by atoms with van der Waals surface area (Å²) in [7, 11) is 1.41. The lowest BCUT2D eigenvalue weighted by atomic mass is 10.1. The van der Waals surface area contributed by atoms with Crippen LogP contribution in [-0.2, 0) is 9.59 Å². The average Bonchev–Trinajstić information content (AvgIpc) is 2.27. The first kappa shape index (κ1) is 13.2. The number of hydrogen-bond acceptors (Lipinski definition) is 5. The van der Waals surface area contributed by atoms with Crippen LogP contribution in [-0.4, -0.2) is 24.0 Å². The Kier molecular flexibility index (Phi) is 4.23. The summed E-state index contributed by atoms with van der Waals surface area (Å²) in [5.41, 5.74) is 0.394. The van der Waals surface area contributed by atoms with Crippen molar-refractivity contribution in [3.63, 3.8) is 0 Å². The van der Waals surface area contributed by atoms with Crippen LogP contribution < -0.4 is 9.47 Å². The molecule has 1 aromatic carbocycles. The van der Waals surface area contributed by atoms with E-state index in [4.69, 9.17) is 9.47 Å². The van der Waals surface area contributed by atoms with Crippen LogP contribution in [0.3, 0.4) is 0 Å². The van der Waals surface area contributed by atoms with E-state index in [2.05, 4.69) is 0 Å². The van der Waals surface area contributed by atoms with E-state index >= 15 is 0 Å². The summed E-state index contributed by atoms with van der Waals surface area (Å²) < 4.78 is 9.92. The molecule has 1 atom stereocenters. The van der Waals surface area contributed by atoms with Crippen LogP contribution in [0, 0.1) is 0 Å². The summed E-state index contributed by atoms with van der Waals surface area (Å²) in [6.07, 6.45) is -1.20. The molecule has 0 aliphatic carbocycles. The van der Waals surface area contributed by atoms with Crippen LogP contribution in [0.4, 0.5) is 0 Å². The number of rotatable bonds is 4. The lowest BCUT2D eigenvalue weighted by Crippen LogP contribution is -2.08. The lowest BCUT2D eigenvalue weighted by molar-refractivity contribution is -0.132. The Morgan fingerprint density at radius 3 is 2.35 bits per heavy atom. The number of methoxy groups -OCH3 is 1. The Balaban J connectivity index is 3.07. The van der Waals surface area contributed by atoms with Crippen molar-refractivity contribution in [2.24, 2.45) is 0 Å². The highest BCUT2D eigenvalue weighted by molar-refractivity contribution is 5.82. The van der Waals surface area contributed by atoms with Crippen molar-refractivity contribution in [1.29, 1.82) is 0 Å². The van der Waals surface area contributed by atoms with Crippen molar-refractivity contribution in [2.75, 3.05) is 7.11 Å². The van der Waals surface area contributed by atoms with E-state index in [0.29, 0.717) is 5.56 Å². The summed E-state index contributed by atoms with van der Waals surface area (Å²) in [6, 6.07) is 4.44. The maximum atomic E-state index is 11.0. The lowest BCUT2D eigenvalue weighted by Gasteiger charge is -2.12. The van der Waals surface area contributed by atoms with Gasteiger partial charge in [-0.2, -0.15) is 0 Å². The van der Waals surface area contributed by atoms with Gasteiger partial charge in [0, 0.05) is 6.92 Å². The fourth-order valence-corrected chi connectivity index (χ4v) is 1.33. The first-order chi connectivity index (χ1) is 7.95. The minimum atomic E-state index is -1.20. The molecule has 0 bridgehead atoms. The first-order valence-corrected chi connectivity index (χ1v) is 5.00. The molecule has 1 aromatic rings. The van der Waals surface area contributed by atoms with Gasteiger partial charge in [-0.05, 0) is 24.6 Å². The number of carbonyl (C=O) groups excluding carboxylic acids is 2. The maximum Gasteiger partial charge on any atom is 0.308 e. The highest BCUT2D eigenvalue weighted by Gasteiger charge is 2.16. The molecule has 5 nitrogen and oxygen atoms in total. The van der Waals surface area contributed by atoms with Crippen molar-refractivity contribution < 1.29 is 24.2 Å². The van der Waals surface area contributed by atoms with Gasteiger partial charge in [0.2, 0.25) is 0 Å². The average molecular weight is 238 g/mol. The van der Waals surface area contributed by atoms with Crippen LogP contribution in [0.25, 0.3) is 0 Å². The van der Waals surface area contributed by atoms with E-state index in [1.54, 1.807) is 0 Å². The molecule has 0 fully saturated rings. The molecule has 0 saturated carbocycles. The predicted molar refractivity (Wildman–Crippen MR) is 59.9 cm³/mol. The Labute approximate surface area is 99.0 Å². The van der Waals surface area contributed by atoms with Gasteiger partial charge in [-0.3, -0.25) is 9.59 Å². The highest BCUT2D eigenvalue weighted by Crippen LogP contribution is 2.30. The summed E-state index contributed by atoms with van der Waals surface area (Å²) in [6.45, 7) is 2.56. The minimum absolute atomic E-state index is 0.250. The molecule has 0 saturated heterocycles. The zero-order valence-electron chi connectivity index (χ0n) is 9.89. The van der Waals surface area contributed by atoms with Crippen LogP contribution >= 0.6 is 0 Å². The Bertz CT molecular complexity index is 439. The van der Waals surface area contributed by atoms with Gasteiger partial charge in [0.1, 0.15) is 6.10 Å². The van der Waals surface area contributed by atoms with Gasteiger partial charge in [-0.15, -0.1) is 0 Å². The van der Waals surface area contributed by atoms with Gasteiger partial charge in [-0.25, -0.2) is 0 Å². The monoisotopic (exact) mass is 238 g/mol. The quantitative estimate of drug-likeness (QED) is 0.631. The summed E-state index contributed by atoms with van der Waals surface area (Å²) in [5.74, 6) is -0.298. The molecule has 0 radical (unpaired) electrons. The van der Waals surface area contributed by atoms with Crippen LogP contribution in [0.2, 0.25) is 0 Å². The Morgan fingerprint density at radius 1 is 1.24 bits per heavy atom. The third-order valence-electron chi connectivity index (χ3n) is 2.14. The van der Waals surface area contributed by atoms with E-state index in [9.17, 15) is 14.7 Å². The minimum Gasteiger partial charge on any atom is -0.493 e. The fourth-order valence-electron chi connectivity index (χ4n) is 1.33. The Hall–Kier alpha value is -1.88. The smallest absolute Gasteiger partial charge is 0.308 e. The van der Waals surface area contributed by atoms with Gasteiger partial charge < -0.3 is 14.6 Å². The van der Waals surface area contributed by atoms with Gasteiger partial charge >= 0.3 is 5.97 Å². The molecule has 1 rings (SSSR count). The zero-order valence-corrected chi connectivity index (χ0v) is 9.89. The molecule has 0 spiro atoms. The molecule has 92 valence electrons. The number of carbonyl (C=O) groups is 2. The second-order valence-electron chi connectivity index (χ2n) is 3.52. The normalized spacial score (nSPS) is 11.8. The molecule has 0 aromatic heterocycles. The fraction of sp³-hybridized carbons (Fsp3) is 0.333. The molecule has 0 heterocycles. The summed E-state index contributed by atoms with van der Waals surface area (Å²) in [5, 5.41) is 9.58. The van der Waals surface area contributed by atoms with Crippen LogP contribution in [0.1, 0.15) is 25.5 Å². The SMILES string of the molecule is COc1cc(C(O)C(C)=O)ccc1OC(C)=O. The topological polar surface area (TPSA) is 72.8 Å². The molecule has 5 heteroatoms. The maximum absolute atomic E-state index is 11.0. The molecular formula is C12H14O5. The number of esters is 1. The number of aliphatic hydroxyl groups is 1. The molecule has 1 unspecified atom stereocenters. The Morgan fingerprint density at radius 2 is 1.88 bits per heavy atom. The second-order valence-corrected chi connectivity index (χ2v) is 3.52. The third kappa shape index (κ3) is 3.29. The standard InChI is InChI=1S/C12H14O5/c1-7(13)12(15)9-4-5-10(17-8(2)14)11(6-9)16-3/h4-6,12,15H,1-3H3. The van der Waals surface area contributed by atoms with E-state index in [-0.39, 0.29) is 17.3 Å². The van der Waals surface area contributed by atoms with E-state index in [0.717, 1.165) is 0 Å². The molecule has 0 amide bonds. The predicted octanol–water partition coefficient (Wildman–Crippen LogP) is 1.24. The number of ether oxygens (including phenoxy) is 2. The zero-order chi connectivity index (χ0) is 13.0. The van der Waals surface area contributed by atoms with E-state index < -0.39 is 12.1 Å². The number of aliphatic hydroxyl groups excluding tert-OH is 1. The molecule has 17 heavy (non-hydrogen) atoms. The number of Topliss-reactive ketones (excluding diaryl/α,β-unsaturated/α-hetero) is 1. The molecule has 0 aliphatic rings. The number of hydrogen-bond donors (Lipinski definition) is 1. The number of ketones is 1. The second kappa shape index (κ2) is 5.45. The van der Waals surface area contributed by atoms with Crippen molar-refractivity contribution >= 4 is 11.8 Å². The van der Waals surface area contributed by atoms with Crippen LogP contribution in [0.5, 0.6) is 11.5 Å². The van der Waals surface area contributed by atoms with Crippen molar-refractivity contribution in [3.8, 4) is 11.5 Å². The van der Waals surface area contributed by atoms with Gasteiger partial charge in [0.05, 0.1) is 7.11 Å². The van der Waals surface area contributed by atoms with Gasteiger partial charge in [0.25, 0.3) is 0 Å². The van der Waals surface area contributed by atoms with E-state index in [1.807, 2.05) is 0 Å². The van der Waals surface area contributed by atoms with Crippen molar-refractivity contribution in [2.45, 2.75) is 20.0 Å². The third-order valence-corrected chi connectivity index (χ3v) is 2.14. The highest BCUT2D eigenvalue weighted by atomic mass is 16.6. The molecule has 1 N–H and O–H groups in total. The number of benzene rings is 1. The van der Waals surface area contributed by atoms with Gasteiger partial charge in [-0.1, -0.05) is 6.07 Å². The van der Waals surface area contributed by atoms with E-state index in [1.165, 1.54) is 39.2 Å². The van der Waals surface area contributed by atoms with Crippen molar-refractivity contribution in [3.05, 3.63) is 23.8 Å². The van der Waals surface area contributed by atoms with Crippen molar-refractivity contribution in [1.82, 2.24) is 0 Å². The first-order valence-electron chi connectivity index (χ1n) is 5.00. The summed E-state index contributed by atoms with van der Waals surface area (Å²) in [4.78, 5) is 21.9. The molecular weight excluding hydrogens is 224 g/mol. The van der Waals surface area contributed by atoms with Crippen LogP contribution in [0.15, 0.2) is 18.2 Å². The largest absolute Gasteiger partial charge is 0.493 e. The molecule has 0 aliphatic heterocycles.